The number of hydrogen-bond acceptors (Lipinski definition) is 4. The molecular formula is C12H22N2O2. The van der Waals surface area contributed by atoms with Crippen LogP contribution in [-0.2, 0) is 9.53 Å². The SMILES string of the molecule is COC(=O)CC1CN(C2CC2)CC(C)CN1. The van der Waals surface area contributed by atoms with E-state index in [0.717, 1.165) is 25.7 Å². The van der Waals surface area contributed by atoms with E-state index in [1.165, 1.54) is 20.0 Å². The maximum atomic E-state index is 11.3. The van der Waals surface area contributed by atoms with Gasteiger partial charge in [-0.3, -0.25) is 9.69 Å². The zero-order valence-electron chi connectivity index (χ0n) is 10.2. The van der Waals surface area contributed by atoms with Gasteiger partial charge in [0.2, 0.25) is 0 Å². The van der Waals surface area contributed by atoms with Crippen LogP contribution in [0, 0.1) is 5.92 Å². The van der Waals surface area contributed by atoms with Gasteiger partial charge in [0.15, 0.2) is 0 Å². The van der Waals surface area contributed by atoms with Gasteiger partial charge in [0.05, 0.1) is 13.5 Å². The maximum absolute atomic E-state index is 11.3. The van der Waals surface area contributed by atoms with Gasteiger partial charge < -0.3 is 10.1 Å². The average Bonchev–Trinajstić information content (AvgIpc) is 3.06. The van der Waals surface area contributed by atoms with Crippen molar-refractivity contribution in [2.24, 2.45) is 5.92 Å². The molecule has 0 aromatic rings. The van der Waals surface area contributed by atoms with E-state index in [4.69, 9.17) is 4.74 Å². The van der Waals surface area contributed by atoms with Crippen LogP contribution >= 0.6 is 0 Å². The Labute approximate surface area is 97.3 Å². The van der Waals surface area contributed by atoms with Crippen LogP contribution in [0.4, 0.5) is 0 Å². The highest BCUT2D eigenvalue weighted by Gasteiger charge is 2.33. The van der Waals surface area contributed by atoms with Gasteiger partial charge in [0.25, 0.3) is 0 Å². The van der Waals surface area contributed by atoms with Crippen LogP contribution in [0.2, 0.25) is 0 Å². The Morgan fingerprint density at radius 3 is 2.81 bits per heavy atom. The van der Waals surface area contributed by atoms with Crippen molar-refractivity contribution in [2.75, 3.05) is 26.7 Å². The van der Waals surface area contributed by atoms with Gasteiger partial charge in [-0.25, -0.2) is 0 Å². The summed E-state index contributed by atoms with van der Waals surface area (Å²) in [5.41, 5.74) is 0. The standard InChI is InChI=1S/C12H22N2O2/c1-9-6-13-10(5-12(15)16-2)8-14(7-9)11-3-4-11/h9-11,13H,3-8H2,1-2H3. The molecule has 1 heterocycles. The molecule has 92 valence electrons. The molecule has 2 atom stereocenters. The molecule has 0 aromatic carbocycles. The molecule has 0 bridgehead atoms. The number of carbonyl (C=O) groups excluding carboxylic acids is 1. The van der Waals surface area contributed by atoms with E-state index in [-0.39, 0.29) is 12.0 Å². The molecule has 4 heteroatoms. The van der Waals surface area contributed by atoms with Crippen molar-refractivity contribution in [1.82, 2.24) is 10.2 Å². The van der Waals surface area contributed by atoms with E-state index in [1.807, 2.05) is 0 Å². The third kappa shape index (κ3) is 3.19. The fourth-order valence-corrected chi connectivity index (χ4v) is 2.41. The van der Waals surface area contributed by atoms with Crippen molar-refractivity contribution < 1.29 is 9.53 Å². The Kier molecular flexibility index (Phi) is 3.82. The number of carbonyl (C=O) groups is 1. The van der Waals surface area contributed by atoms with E-state index in [0.29, 0.717) is 12.3 Å². The van der Waals surface area contributed by atoms with Crippen molar-refractivity contribution in [2.45, 2.75) is 38.3 Å². The molecule has 2 unspecified atom stereocenters. The molecule has 1 aliphatic carbocycles. The monoisotopic (exact) mass is 226 g/mol. The van der Waals surface area contributed by atoms with Gasteiger partial charge in [-0.2, -0.15) is 0 Å². The lowest BCUT2D eigenvalue weighted by Crippen LogP contribution is -2.40. The second-order valence-electron chi connectivity index (χ2n) is 5.18. The largest absolute Gasteiger partial charge is 0.469 e. The van der Waals surface area contributed by atoms with Gasteiger partial charge in [-0.1, -0.05) is 6.92 Å². The predicted molar refractivity (Wildman–Crippen MR) is 62.2 cm³/mol. The third-order valence-corrected chi connectivity index (χ3v) is 3.46. The number of esters is 1. The molecule has 1 saturated heterocycles. The van der Waals surface area contributed by atoms with Gasteiger partial charge in [-0.15, -0.1) is 0 Å². The minimum Gasteiger partial charge on any atom is -0.469 e. The van der Waals surface area contributed by atoms with Gasteiger partial charge in [0.1, 0.15) is 0 Å². The number of nitrogens with one attached hydrogen (secondary N) is 1. The van der Waals surface area contributed by atoms with Crippen LogP contribution in [0.3, 0.4) is 0 Å². The van der Waals surface area contributed by atoms with Crippen molar-refractivity contribution >= 4 is 5.97 Å². The van der Waals surface area contributed by atoms with Crippen molar-refractivity contribution in [3.05, 3.63) is 0 Å². The first-order valence-electron chi connectivity index (χ1n) is 6.23. The molecule has 0 radical (unpaired) electrons. The Hall–Kier alpha value is -0.610. The first-order chi connectivity index (χ1) is 7.69. The van der Waals surface area contributed by atoms with E-state index in [1.54, 1.807) is 0 Å². The molecule has 1 aliphatic heterocycles. The fourth-order valence-electron chi connectivity index (χ4n) is 2.41. The number of ether oxygens (including phenoxy) is 1. The van der Waals surface area contributed by atoms with Crippen LogP contribution in [-0.4, -0.2) is 49.7 Å². The topological polar surface area (TPSA) is 41.6 Å². The van der Waals surface area contributed by atoms with Crippen LogP contribution < -0.4 is 5.32 Å². The summed E-state index contributed by atoms with van der Waals surface area (Å²) in [5, 5.41) is 3.47. The quantitative estimate of drug-likeness (QED) is 0.716. The molecule has 0 amide bonds. The second-order valence-corrected chi connectivity index (χ2v) is 5.18. The lowest BCUT2D eigenvalue weighted by Gasteiger charge is -2.24. The molecule has 4 nitrogen and oxygen atoms in total. The summed E-state index contributed by atoms with van der Waals surface area (Å²) in [6.07, 6.45) is 3.15. The maximum Gasteiger partial charge on any atom is 0.307 e. The Bertz CT molecular complexity index is 253. The van der Waals surface area contributed by atoms with Gasteiger partial charge >= 0.3 is 5.97 Å². The van der Waals surface area contributed by atoms with Crippen LogP contribution in [0.15, 0.2) is 0 Å². The Morgan fingerprint density at radius 2 is 2.19 bits per heavy atom. The molecule has 16 heavy (non-hydrogen) atoms. The highest BCUT2D eigenvalue weighted by atomic mass is 16.5. The summed E-state index contributed by atoms with van der Waals surface area (Å²) < 4.78 is 4.73. The Balaban J connectivity index is 1.89. The summed E-state index contributed by atoms with van der Waals surface area (Å²) in [5.74, 6) is 0.561. The van der Waals surface area contributed by atoms with E-state index in [9.17, 15) is 4.79 Å². The van der Waals surface area contributed by atoms with Crippen LogP contribution in [0.1, 0.15) is 26.2 Å². The summed E-state index contributed by atoms with van der Waals surface area (Å²) in [6.45, 7) is 5.42. The Morgan fingerprint density at radius 1 is 1.44 bits per heavy atom. The lowest BCUT2D eigenvalue weighted by molar-refractivity contribution is -0.141. The van der Waals surface area contributed by atoms with E-state index in [2.05, 4.69) is 17.1 Å². The number of hydrogen-bond donors (Lipinski definition) is 1. The van der Waals surface area contributed by atoms with Crippen LogP contribution in [0.5, 0.6) is 0 Å². The van der Waals surface area contributed by atoms with Crippen molar-refractivity contribution in [3.63, 3.8) is 0 Å². The lowest BCUT2D eigenvalue weighted by atomic mass is 10.2. The summed E-state index contributed by atoms with van der Waals surface area (Å²) in [4.78, 5) is 13.8. The van der Waals surface area contributed by atoms with Crippen molar-refractivity contribution in [3.8, 4) is 0 Å². The first-order valence-corrected chi connectivity index (χ1v) is 6.23. The number of methoxy groups -OCH3 is 1. The first kappa shape index (κ1) is 11.9. The minimum absolute atomic E-state index is 0.109. The average molecular weight is 226 g/mol. The van der Waals surface area contributed by atoms with E-state index >= 15 is 0 Å². The summed E-state index contributed by atoms with van der Waals surface area (Å²) in [7, 11) is 1.46. The molecular weight excluding hydrogens is 204 g/mol. The molecule has 1 saturated carbocycles. The van der Waals surface area contributed by atoms with Crippen molar-refractivity contribution in [1.29, 1.82) is 0 Å². The smallest absolute Gasteiger partial charge is 0.307 e. The molecule has 2 aliphatic rings. The molecule has 1 N–H and O–H groups in total. The van der Waals surface area contributed by atoms with Crippen LogP contribution in [0.25, 0.3) is 0 Å². The molecule has 2 rings (SSSR count). The third-order valence-electron chi connectivity index (χ3n) is 3.46. The normalized spacial score (nSPS) is 32.1. The fraction of sp³-hybridized carbons (Fsp3) is 0.917. The summed E-state index contributed by atoms with van der Waals surface area (Å²) in [6, 6.07) is 1.04. The molecule has 0 aromatic heterocycles. The predicted octanol–water partition coefficient (Wildman–Crippen LogP) is 0.622. The highest BCUT2D eigenvalue weighted by Crippen LogP contribution is 2.28. The zero-order chi connectivity index (χ0) is 11.5. The number of nitrogens with zero attached hydrogens (tertiary/aromatic N) is 1. The highest BCUT2D eigenvalue weighted by molar-refractivity contribution is 5.69. The minimum atomic E-state index is -0.109. The zero-order valence-corrected chi connectivity index (χ0v) is 10.2. The second kappa shape index (κ2) is 5.15. The van der Waals surface area contributed by atoms with Gasteiger partial charge in [-0.05, 0) is 25.3 Å². The van der Waals surface area contributed by atoms with Gasteiger partial charge in [0, 0.05) is 25.2 Å². The number of rotatable bonds is 3. The van der Waals surface area contributed by atoms with E-state index < -0.39 is 0 Å². The molecule has 0 spiro atoms. The molecule has 2 fully saturated rings. The summed E-state index contributed by atoms with van der Waals surface area (Å²) >= 11 is 0.